The molecule has 0 aliphatic carbocycles. The average Bonchev–Trinajstić information content (AvgIpc) is 3.51. The first kappa shape index (κ1) is 20.2. The molecule has 0 amide bonds. The summed E-state index contributed by atoms with van der Waals surface area (Å²) in [5.74, 6) is 0. The summed E-state index contributed by atoms with van der Waals surface area (Å²) in [7, 11) is 0. The van der Waals surface area contributed by atoms with Crippen LogP contribution in [0.25, 0.3) is 55.8 Å². The summed E-state index contributed by atoms with van der Waals surface area (Å²) < 4.78 is 0. The minimum absolute atomic E-state index is 0.766. The number of aromatic nitrogens is 7. The molecule has 3 N–H and O–H groups in total. The monoisotopic (exact) mass is 446 g/mol. The smallest absolute Gasteiger partial charge is 0.135 e. The fraction of sp³-hybridized carbons (Fsp3) is 0.115. The van der Waals surface area contributed by atoms with Crippen molar-refractivity contribution in [3.8, 4) is 33.9 Å². The molecule has 0 radical (unpaired) electrons. The van der Waals surface area contributed by atoms with Gasteiger partial charge in [-0.1, -0.05) is 6.92 Å². The van der Waals surface area contributed by atoms with Crippen molar-refractivity contribution in [1.82, 2.24) is 40.4 Å². The topological polar surface area (TPSA) is 108 Å². The molecule has 0 saturated carbocycles. The predicted octanol–water partition coefficient (Wildman–Crippen LogP) is 4.73. The van der Waals surface area contributed by atoms with E-state index in [-0.39, 0.29) is 0 Å². The molecule has 0 saturated heterocycles. The van der Waals surface area contributed by atoms with E-state index in [1.165, 1.54) is 0 Å². The third kappa shape index (κ3) is 3.60. The minimum Gasteiger partial charge on any atom is -0.353 e. The van der Waals surface area contributed by atoms with Crippen LogP contribution in [-0.4, -0.2) is 41.7 Å². The summed E-state index contributed by atoms with van der Waals surface area (Å²) in [6, 6.07) is 14.1. The molecule has 8 nitrogen and oxygen atoms in total. The molecule has 6 aromatic rings. The van der Waals surface area contributed by atoms with Crippen LogP contribution in [-0.2, 0) is 6.54 Å². The number of fused-ring (bicyclic) bond motifs is 2. The van der Waals surface area contributed by atoms with Gasteiger partial charge in [-0.2, -0.15) is 5.10 Å². The van der Waals surface area contributed by atoms with Gasteiger partial charge in [0.15, 0.2) is 0 Å². The first-order chi connectivity index (χ1) is 16.8. The molecule has 0 unspecified atom stereocenters. The zero-order chi connectivity index (χ0) is 22.9. The molecule has 34 heavy (non-hydrogen) atoms. The maximum absolute atomic E-state index is 4.95. The second-order valence-electron chi connectivity index (χ2n) is 8.07. The van der Waals surface area contributed by atoms with E-state index in [1.54, 1.807) is 12.4 Å². The second kappa shape index (κ2) is 8.49. The molecule has 6 heterocycles. The van der Waals surface area contributed by atoms with Gasteiger partial charge in [0.1, 0.15) is 11.2 Å². The van der Waals surface area contributed by atoms with Crippen LogP contribution < -0.4 is 5.32 Å². The molecule has 166 valence electrons. The quantitative estimate of drug-likeness (QED) is 0.341. The summed E-state index contributed by atoms with van der Waals surface area (Å²) in [6.45, 7) is 3.78. The molecule has 0 spiro atoms. The molecule has 0 aliphatic rings. The van der Waals surface area contributed by atoms with Gasteiger partial charge in [0.2, 0.25) is 0 Å². The van der Waals surface area contributed by atoms with Crippen molar-refractivity contribution in [1.29, 1.82) is 0 Å². The average molecular weight is 447 g/mol. The van der Waals surface area contributed by atoms with E-state index in [4.69, 9.17) is 4.98 Å². The van der Waals surface area contributed by atoms with Gasteiger partial charge in [0, 0.05) is 59.6 Å². The van der Waals surface area contributed by atoms with E-state index in [1.807, 2.05) is 48.9 Å². The van der Waals surface area contributed by atoms with Crippen molar-refractivity contribution >= 4 is 21.9 Å². The first-order valence-electron chi connectivity index (χ1n) is 11.2. The molecular weight excluding hydrogens is 424 g/mol. The van der Waals surface area contributed by atoms with Crippen LogP contribution in [0, 0.1) is 0 Å². The Morgan fingerprint density at radius 1 is 0.882 bits per heavy atom. The number of hydrogen-bond donors (Lipinski definition) is 3. The Bertz CT molecular complexity index is 1600. The van der Waals surface area contributed by atoms with E-state index in [0.717, 1.165) is 74.5 Å². The molecule has 6 aromatic heterocycles. The molecule has 8 heteroatoms. The Hall–Kier alpha value is -4.43. The summed E-state index contributed by atoms with van der Waals surface area (Å²) in [4.78, 5) is 21.7. The summed E-state index contributed by atoms with van der Waals surface area (Å²) >= 11 is 0. The number of hydrogen-bond acceptors (Lipinski definition) is 6. The number of rotatable bonds is 6. The maximum atomic E-state index is 4.95. The van der Waals surface area contributed by atoms with Gasteiger partial charge < -0.3 is 10.3 Å². The second-order valence-corrected chi connectivity index (χ2v) is 8.07. The highest BCUT2D eigenvalue weighted by atomic mass is 15.1. The minimum atomic E-state index is 0.766. The van der Waals surface area contributed by atoms with Crippen molar-refractivity contribution in [3.63, 3.8) is 0 Å². The Morgan fingerprint density at radius 2 is 1.82 bits per heavy atom. The van der Waals surface area contributed by atoms with Gasteiger partial charge in [-0.3, -0.25) is 20.1 Å². The number of H-pyrrole nitrogens is 2. The zero-order valence-electron chi connectivity index (χ0n) is 18.6. The van der Waals surface area contributed by atoms with Gasteiger partial charge in [-0.25, -0.2) is 4.98 Å². The SMILES string of the molecule is CCNCc1cncc(-c2ccc3[nH]nc(-c4cc5c(-c6cccnc6)nccc5[nH]4)c3n2)c1. The molecule has 0 aliphatic heterocycles. The lowest BCUT2D eigenvalue weighted by atomic mass is 10.1. The van der Waals surface area contributed by atoms with Crippen LogP contribution in [0.5, 0.6) is 0 Å². The number of nitrogens with one attached hydrogen (secondary N) is 3. The van der Waals surface area contributed by atoms with Crippen LogP contribution in [0.3, 0.4) is 0 Å². The summed E-state index contributed by atoms with van der Waals surface area (Å²) in [5.41, 5.74) is 9.11. The highest BCUT2D eigenvalue weighted by molar-refractivity contribution is 5.99. The van der Waals surface area contributed by atoms with Crippen molar-refractivity contribution in [2.45, 2.75) is 13.5 Å². The van der Waals surface area contributed by atoms with Crippen LogP contribution >= 0.6 is 0 Å². The highest BCUT2D eigenvalue weighted by Gasteiger charge is 2.16. The Labute approximate surface area is 195 Å². The lowest BCUT2D eigenvalue weighted by Gasteiger charge is -2.05. The summed E-state index contributed by atoms with van der Waals surface area (Å²) in [6.07, 6.45) is 9.11. The molecular formula is C26H22N8. The van der Waals surface area contributed by atoms with Gasteiger partial charge in [-0.05, 0) is 54.6 Å². The number of aromatic amines is 2. The van der Waals surface area contributed by atoms with E-state index in [2.05, 4.69) is 54.5 Å². The fourth-order valence-corrected chi connectivity index (χ4v) is 4.16. The van der Waals surface area contributed by atoms with Crippen molar-refractivity contribution in [2.75, 3.05) is 6.54 Å². The van der Waals surface area contributed by atoms with Crippen molar-refractivity contribution in [2.24, 2.45) is 0 Å². The van der Waals surface area contributed by atoms with Crippen LogP contribution in [0.4, 0.5) is 0 Å². The van der Waals surface area contributed by atoms with Gasteiger partial charge in [0.05, 0.1) is 22.6 Å². The van der Waals surface area contributed by atoms with Crippen LogP contribution in [0.1, 0.15) is 12.5 Å². The highest BCUT2D eigenvalue weighted by Crippen LogP contribution is 2.32. The summed E-state index contributed by atoms with van der Waals surface area (Å²) in [5, 5.41) is 12.0. The Kier molecular flexibility index (Phi) is 5.04. The zero-order valence-corrected chi connectivity index (χ0v) is 18.6. The number of pyridine rings is 4. The van der Waals surface area contributed by atoms with E-state index < -0.39 is 0 Å². The third-order valence-corrected chi connectivity index (χ3v) is 5.82. The maximum Gasteiger partial charge on any atom is 0.135 e. The molecule has 6 rings (SSSR count). The molecule has 0 fully saturated rings. The predicted molar refractivity (Wildman–Crippen MR) is 133 cm³/mol. The normalized spacial score (nSPS) is 11.4. The Balaban J connectivity index is 1.44. The van der Waals surface area contributed by atoms with Crippen molar-refractivity contribution < 1.29 is 0 Å². The first-order valence-corrected chi connectivity index (χ1v) is 11.2. The fourth-order valence-electron chi connectivity index (χ4n) is 4.16. The van der Waals surface area contributed by atoms with Gasteiger partial charge in [0.25, 0.3) is 0 Å². The van der Waals surface area contributed by atoms with Crippen molar-refractivity contribution in [3.05, 3.63) is 79.0 Å². The lowest BCUT2D eigenvalue weighted by Crippen LogP contribution is -2.11. The van der Waals surface area contributed by atoms with Gasteiger partial charge >= 0.3 is 0 Å². The van der Waals surface area contributed by atoms with E-state index >= 15 is 0 Å². The largest absolute Gasteiger partial charge is 0.353 e. The van der Waals surface area contributed by atoms with Crippen LogP contribution in [0.2, 0.25) is 0 Å². The number of nitrogens with zero attached hydrogens (tertiary/aromatic N) is 5. The standard InChI is InChI=1S/C26H22N8/c1-2-27-12-16-10-18(15-29-13-16)20-5-6-22-25(32-20)26(34-33-22)23-11-19-21(31-23)7-9-30-24(19)17-4-3-8-28-14-17/h3-11,13-15,27,31H,2,12H2,1H3,(H,33,34). The molecule has 0 atom stereocenters. The lowest BCUT2D eigenvalue weighted by molar-refractivity contribution is 0.724. The van der Waals surface area contributed by atoms with Gasteiger partial charge in [-0.15, -0.1) is 0 Å². The molecule has 0 aromatic carbocycles. The third-order valence-electron chi connectivity index (χ3n) is 5.82. The molecule has 0 bridgehead atoms. The van der Waals surface area contributed by atoms with Crippen LogP contribution in [0.15, 0.2) is 73.4 Å². The van der Waals surface area contributed by atoms with E-state index in [9.17, 15) is 0 Å². The van der Waals surface area contributed by atoms with E-state index in [0.29, 0.717) is 0 Å². The Morgan fingerprint density at radius 3 is 2.71 bits per heavy atom.